The Hall–Kier alpha value is -1.26. The molecular formula is C13H14ClFN2S. The lowest BCUT2D eigenvalue weighted by Crippen LogP contribution is -2.09. The first-order valence-corrected chi connectivity index (χ1v) is 6.75. The summed E-state index contributed by atoms with van der Waals surface area (Å²) in [4.78, 5) is 2.35. The van der Waals surface area contributed by atoms with Gasteiger partial charge in [-0.25, -0.2) is 4.39 Å². The zero-order valence-corrected chi connectivity index (χ0v) is 11.7. The zero-order chi connectivity index (χ0) is 13.3. The van der Waals surface area contributed by atoms with Gasteiger partial charge in [0, 0.05) is 9.75 Å². The van der Waals surface area contributed by atoms with Crippen molar-refractivity contribution in [2.24, 2.45) is 0 Å². The first-order chi connectivity index (χ1) is 8.49. The lowest BCUT2D eigenvalue weighted by atomic mass is 10.2. The van der Waals surface area contributed by atoms with Crippen LogP contribution < -0.4 is 11.1 Å². The summed E-state index contributed by atoms with van der Waals surface area (Å²) in [5.74, 6) is -0.503. The SMILES string of the molecule is Cc1ccc(C(C)Nc2c(N)ccc(Cl)c2F)s1. The van der Waals surface area contributed by atoms with Crippen LogP contribution >= 0.6 is 22.9 Å². The van der Waals surface area contributed by atoms with Gasteiger partial charge in [0.25, 0.3) is 0 Å². The topological polar surface area (TPSA) is 38.0 Å². The summed E-state index contributed by atoms with van der Waals surface area (Å²) in [7, 11) is 0. The number of anilines is 2. The minimum atomic E-state index is -0.503. The van der Waals surface area contributed by atoms with E-state index < -0.39 is 5.82 Å². The van der Waals surface area contributed by atoms with E-state index in [2.05, 4.69) is 5.32 Å². The molecule has 3 N–H and O–H groups in total. The van der Waals surface area contributed by atoms with Crippen molar-refractivity contribution >= 4 is 34.3 Å². The van der Waals surface area contributed by atoms with Crippen LogP contribution in [0, 0.1) is 12.7 Å². The number of nitrogens with one attached hydrogen (secondary N) is 1. The van der Waals surface area contributed by atoms with Crippen LogP contribution in [0.2, 0.25) is 5.02 Å². The van der Waals surface area contributed by atoms with Crippen molar-refractivity contribution in [3.05, 3.63) is 44.9 Å². The summed E-state index contributed by atoms with van der Waals surface area (Å²) < 4.78 is 13.9. The van der Waals surface area contributed by atoms with Crippen molar-refractivity contribution in [3.8, 4) is 0 Å². The van der Waals surface area contributed by atoms with Crippen molar-refractivity contribution in [1.82, 2.24) is 0 Å². The maximum atomic E-state index is 13.9. The van der Waals surface area contributed by atoms with E-state index in [1.807, 2.05) is 26.0 Å². The average Bonchev–Trinajstić information content (AvgIpc) is 2.76. The molecule has 1 heterocycles. The molecule has 5 heteroatoms. The zero-order valence-electron chi connectivity index (χ0n) is 10.1. The third-order valence-corrected chi connectivity index (χ3v) is 4.15. The molecule has 0 aliphatic heterocycles. The third kappa shape index (κ3) is 2.60. The van der Waals surface area contributed by atoms with Crippen LogP contribution in [0.4, 0.5) is 15.8 Å². The molecule has 96 valence electrons. The van der Waals surface area contributed by atoms with Crippen LogP contribution in [0.3, 0.4) is 0 Å². The lowest BCUT2D eigenvalue weighted by Gasteiger charge is -2.16. The van der Waals surface area contributed by atoms with E-state index in [9.17, 15) is 4.39 Å². The summed E-state index contributed by atoms with van der Waals surface area (Å²) in [5, 5.41) is 3.15. The maximum absolute atomic E-state index is 13.9. The fraction of sp³-hybridized carbons (Fsp3) is 0.231. The predicted molar refractivity (Wildman–Crippen MR) is 76.9 cm³/mol. The second-order valence-corrected chi connectivity index (χ2v) is 5.87. The Balaban J connectivity index is 2.27. The maximum Gasteiger partial charge on any atom is 0.166 e. The molecule has 0 aliphatic rings. The summed E-state index contributed by atoms with van der Waals surface area (Å²) in [6.07, 6.45) is 0. The molecule has 1 atom stereocenters. The molecule has 1 unspecified atom stereocenters. The van der Waals surface area contributed by atoms with E-state index in [1.165, 1.54) is 10.9 Å². The first kappa shape index (κ1) is 13.2. The van der Waals surface area contributed by atoms with E-state index in [1.54, 1.807) is 17.4 Å². The molecule has 0 aliphatic carbocycles. The molecule has 0 spiro atoms. The highest BCUT2D eigenvalue weighted by Gasteiger charge is 2.14. The minimum absolute atomic E-state index is 0.0148. The predicted octanol–water partition coefficient (Wildman–Crippen LogP) is 4.60. The van der Waals surface area contributed by atoms with Gasteiger partial charge in [0.15, 0.2) is 5.82 Å². The minimum Gasteiger partial charge on any atom is -0.397 e. The van der Waals surface area contributed by atoms with Crippen molar-refractivity contribution in [3.63, 3.8) is 0 Å². The fourth-order valence-electron chi connectivity index (χ4n) is 1.69. The van der Waals surface area contributed by atoms with Gasteiger partial charge in [0.1, 0.15) is 0 Å². The number of rotatable bonds is 3. The number of hydrogen-bond acceptors (Lipinski definition) is 3. The molecule has 0 bridgehead atoms. The van der Waals surface area contributed by atoms with Gasteiger partial charge in [-0.2, -0.15) is 0 Å². The van der Waals surface area contributed by atoms with Crippen LogP contribution in [0.1, 0.15) is 22.7 Å². The van der Waals surface area contributed by atoms with E-state index in [0.29, 0.717) is 5.69 Å². The van der Waals surface area contributed by atoms with Gasteiger partial charge >= 0.3 is 0 Å². The first-order valence-electron chi connectivity index (χ1n) is 5.55. The molecule has 2 rings (SSSR count). The Morgan fingerprint density at radius 1 is 1.33 bits per heavy atom. The van der Waals surface area contributed by atoms with Gasteiger partial charge in [0.05, 0.1) is 22.4 Å². The van der Waals surface area contributed by atoms with E-state index >= 15 is 0 Å². The van der Waals surface area contributed by atoms with Gasteiger partial charge in [0.2, 0.25) is 0 Å². The van der Waals surface area contributed by atoms with Gasteiger partial charge in [-0.15, -0.1) is 11.3 Å². The largest absolute Gasteiger partial charge is 0.397 e. The smallest absolute Gasteiger partial charge is 0.166 e. The molecule has 18 heavy (non-hydrogen) atoms. The molecule has 0 radical (unpaired) electrons. The summed E-state index contributed by atoms with van der Waals surface area (Å²) in [6, 6.07) is 7.10. The van der Waals surface area contributed by atoms with Crippen LogP contribution in [0.5, 0.6) is 0 Å². The Kier molecular flexibility index (Phi) is 3.78. The monoisotopic (exact) mass is 284 g/mol. The fourth-order valence-corrected chi connectivity index (χ4v) is 2.72. The quantitative estimate of drug-likeness (QED) is 0.808. The van der Waals surface area contributed by atoms with Crippen LogP contribution in [-0.4, -0.2) is 0 Å². The number of nitrogen functional groups attached to an aromatic ring is 1. The molecule has 0 saturated heterocycles. The molecule has 0 amide bonds. The van der Waals surface area contributed by atoms with Crippen molar-refractivity contribution in [1.29, 1.82) is 0 Å². The van der Waals surface area contributed by atoms with E-state index in [0.717, 1.165) is 4.88 Å². The lowest BCUT2D eigenvalue weighted by molar-refractivity contribution is 0.629. The highest BCUT2D eigenvalue weighted by molar-refractivity contribution is 7.12. The summed E-state index contributed by atoms with van der Waals surface area (Å²) >= 11 is 7.42. The molecule has 2 nitrogen and oxygen atoms in total. The van der Waals surface area contributed by atoms with E-state index in [-0.39, 0.29) is 16.8 Å². The molecule has 1 aromatic carbocycles. The number of nitrogens with two attached hydrogens (primary N) is 1. The molecule has 0 fully saturated rings. The number of hydrogen-bond donors (Lipinski definition) is 2. The summed E-state index contributed by atoms with van der Waals surface area (Å²) in [5.41, 5.74) is 6.39. The van der Waals surface area contributed by atoms with Gasteiger partial charge in [-0.3, -0.25) is 0 Å². The second kappa shape index (κ2) is 5.16. The summed E-state index contributed by atoms with van der Waals surface area (Å²) in [6.45, 7) is 4.00. The van der Waals surface area contributed by atoms with E-state index in [4.69, 9.17) is 17.3 Å². The highest BCUT2D eigenvalue weighted by Crippen LogP contribution is 2.32. The Bertz CT molecular complexity index is 568. The highest BCUT2D eigenvalue weighted by atomic mass is 35.5. The van der Waals surface area contributed by atoms with Crippen LogP contribution in [-0.2, 0) is 0 Å². The van der Waals surface area contributed by atoms with Crippen molar-refractivity contribution in [2.45, 2.75) is 19.9 Å². The normalized spacial score (nSPS) is 12.4. The van der Waals surface area contributed by atoms with Gasteiger partial charge < -0.3 is 11.1 Å². The average molecular weight is 285 g/mol. The van der Waals surface area contributed by atoms with Gasteiger partial charge in [-0.1, -0.05) is 11.6 Å². The van der Waals surface area contributed by atoms with Crippen LogP contribution in [0.15, 0.2) is 24.3 Å². The number of benzene rings is 1. The number of halogens is 2. The Labute approximate surface area is 115 Å². The second-order valence-electron chi connectivity index (χ2n) is 4.14. The Morgan fingerprint density at radius 2 is 2.06 bits per heavy atom. The molecule has 0 saturated carbocycles. The number of thiophene rings is 1. The number of aryl methyl sites for hydroxylation is 1. The van der Waals surface area contributed by atoms with Gasteiger partial charge in [-0.05, 0) is 38.1 Å². The van der Waals surface area contributed by atoms with Crippen molar-refractivity contribution < 1.29 is 4.39 Å². The third-order valence-electron chi connectivity index (χ3n) is 2.68. The van der Waals surface area contributed by atoms with Crippen LogP contribution in [0.25, 0.3) is 0 Å². The molecular weight excluding hydrogens is 271 g/mol. The molecule has 1 aromatic heterocycles. The van der Waals surface area contributed by atoms with Crippen molar-refractivity contribution in [2.75, 3.05) is 11.1 Å². The Morgan fingerprint density at radius 3 is 2.67 bits per heavy atom. The standard InChI is InChI=1S/C13H14ClFN2S/c1-7-3-6-11(18-7)8(2)17-13-10(16)5-4-9(14)12(13)15/h3-6,8,17H,16H2,1-2H3. The molecule has 2 aromatic rings.